The average molecular weight is 410 g/mol. The molecule has 0 saturated carbocycles. The van der Waals surface area contributed by atoms with Crippen LogP contribution in [0.3, 0.4) is 0 Å². The third-order valence-corrected chi connectivity index (χ3v) is 5.11. The summed E-state index contributed by atoms with van der Waals surface area (Å²) < 4.78 is 27.5. The van der Waals surface area contributed by atoms with Crippen molar-refractivity contribution in [3.8, 4) is 0 Å². The first-order valence-corrected chi connectivity index (χ1v) is 9.50. The molecule has 2 aromatic heterocycles. The number of H-pyrrole nitrogens is 1. The summed E-state index contributed by atoms with van der Waals surface area (Å²) >= 11 is 0. The number of hydrogen-bond acceptors (Lipinski definition) is 5. The summed E-state index contributed by atoms with van der Waals surface area (Å²) in [5.41, 5.74) is 1.02. The first-order valence-electron chi connectivity index (χ1n) is 9.50. The molecule has 1 atom stereocenters. The predicted octanol–water partition coefficient (Wildman–Crippen LogP) is 2.99. The van der Waals surface area contributed by atoms with Crippen LogP contribution in [0.25, 0.3) is 10.8 Å². The molecule has 0 amide bonds. The maximum Gasteiger partial charge on any atom is 0.272 e. The Kier molecular flexibility index (Phi) is 5.26. The Morgan fingerprint density at radius 1 is 1.17 bits per heavy atom. The van der Waals surface area contributed by atoms with E-state index >= 15 is 0 Å². The van der Waals surface area contributed by atoms with Gasteiger partial charge in [0.1, 0.15) is 23.8 Å². The Bertz CT molecular complexity index is 1240. The molecular formula is C21H20F2N6O. The molecule has 1 unspecified atom stereocenters. The van der Waals surface area contributed by atoms with E-state index in [4.69, 9.17) is 0 Å². The van der Waals surface area contributed by atoms with Gasteiger partial charge in [0.15, 0.2) is 0 Å². The molecule has 9 heteroatoms. The van der Waals surface area contributed by atoms with Gasteiger partial charge in [-0.2, -0.15) is 10.2 Å². The van der Waals surface area contributed by atoms with Crippen LogP contribution < -0.4 is 10.5 Å². The van der Waals surface area contributed by atoms with E-state index in [1.807, 2.05) is 18.9 Å². The molecule has 1 aliphatic rings. The normalized spacial score (nSPS) is 15.1. The smallest absolute Gasteiger partial charge is 0.272 e. The summed E-state index contributed by atoms with van der Waals surface area (Å²) in [4.78, 5) is 18.5. The summed E-state index contributed by atoms with van der Waals surface area (Å²) in [5.74, 6) is 0.0206. The van der Waals surface area contributed by atoms with Crippen molar-refractivity contribution in [1.29, 1.82) is 0 Å². The molecule has 0 saturated heterocycles. The zero-order valence-electron chi connectivity index (χ0n) is 16.5. The van der Waals surface area contributed by atoms with E-state index < -0.39 is 5.82 Å². The minimum atomic E-state index is -0.425. The van der Waals surface area contributed by atoms with Crippen LogP contribution in [-0.2, 0) is 7.05 Å². The second kappa shape index (κ2) is 8.02. The number of rotatable bonds is 2. The molecular weight excluding hydrogens is 390 g/mol. The zero-order valence-corrected chi connectivity index (χ0v) is 16.5. The minimum absolute atomic E-state index is 0.139. The number of hydrogen-bond donors (Lipinski definition) is 1. The van der Waals surface area contributed by atoms with Crippen molar-refractivity contribution in [3.63, 3.8) is 0 Å². The van der Waals surface area contributed by atoms with Gasteiger partial charge < -0.3 is 4.90 Å². The van der Waals surface area contributed by atoms with Gasteiger partial charge in [0.25, 0.3) is 5.56 Å². The fraction of sp³-hybridized carbons (Fsp3) is 0.238. The van der Waals surface area contributed by atoms with Gasteiger partial charge in [0, 0.05) is 31.2 Å². The first kappa shape index (κ1) is 19.7. The van der Waals surface area contributed by atoms with Crippen molar-refractivity contribution in [2.45, 2.75) is 12.8 Å². The molecule has 154 valence electrons. The number of benzene rings is 2. The number of halogens is 2. The van der Waals surface area contributed by atoms with Gasteiger partial charge in [0.05, 0.1) is 17.0 Å². The predicted molar refractivity (Wildman–Crippen MR) is 109 cm³/mol. The molecule has 1 aliphatic heterocycles. The lowest BCUT2D eigenvalue weighted by Crippen LogP contribution is -2.35. The summed E-state index contributed by atoms with van der Waals surface area (Å²) in [6.07, 6.45) is 1.49. The summed E-state index contributed by atoms with van der Waals surface area (Å²) in [5, 5.41) is 11.9. The second-order valence-electron chi connectivity index (χ2n) is 6.91. The zero-order chi connectivity index (χ0) is 21.3. The van der Waals surface area contributed by atoms with Crippen LogP contribution in [-0.4, -0.2) is 38.1 Å². The number of nitrogens with one attached hydrogen (secondary N) is 1. The summed E-state index contributed by atoms with van der Waals surface area (Å²) in [6.45, 7) is 3.29. The fourth-order valence-electron chi connectivity index (χ4n) is 3.71. The highest BCUT2D eigenvalue weighted by molar-refractivity contribution is 5.97. The van der Waals surface area contributed by atoms with Gasteiger partial charge in [-0.25, -0.2) is 18.9 Å². The molecule has 0 bridgehead atoms. The fourth-order valence-corrected chi connectivity index (χ4v) is 3.71. The van der Waals surface area contributed by atoms with E-state index in [1.165, 1.54) is 30.6 Å². The van der Waals surface area contributed by atoms with Crippen LogP contribution in [0.5, 0.6) is 0 Å². The van der Waals surface area contributed by atoms with Gasteiger partial charge in [-0.1, -0.05) is 18.2 Å². The molecule has 0 radical (unpaired) electrons. The van der Waals surface area contributed by atoms with Crippen molar-refractivity contribution in [1.82, 2.24) is 25.0 Å². The third kappa shape index (κ3) is 3.54. The number of aromatic nitrogens is 5. The van der Waals surface area contributed by atoms with Crippen LogP contribution in [0.2, 0.25) is 0 Å². The van der Waals surface area contributed by atoms with Crippen molar-refractivity contribution < 1.29 is 8.78 Å². The topological polar surface area (TPSA) is 79.7 Å². The van der Waals surface area contributed by atoms with E-state index in [-0.39, 0.29) is 17.3 Å². The highest BCUT2D eigenvalue weighted by atomic mass is 19.1. The van der Waals surface area contributed by atoms with Crippen LogP contribution in [0.1, 0.15) is 24.4 Å². The highest BCUT2D eigenvalue weighted by Gasteiger charge is 2.32. The summed E-state index contributed by atoms with van der Waals surface area (Å²) in [6, 6.07) is 10.7. The van der Waals surface area contributed by atoms with Gasteiger partial charge in [-0.15, -0.1) is 0 Å². The van der Waals surface area contributed by atoms with E-state index in [0.717, 1.165) is 5.82 Å². The van der Waals surface area contributed by atoms with Crippen LogP contribution in [0, 0.1) is 11.6 Å². The van der Waals surface area contributed by atoms with E-state index in [2.05, 4.69) is 20.3 Å². The van der Waals surface area contributed by atoms with Crippen LogP contribution in [0.4, 0.5) is 14.5 Å². The Labute approximate surface area is 171 Å². The lowest BCUT2D eigenvalue weighted by atomic mass is 9.92. The minimum Gasteiger partial charge on any atom is -0.370 e. The molecule has 5 rings (SSSR count). The molecule has 3 heterocycles. The Morgan fingerprint density at radius 2 is 1.93 bits per heavy atom. The molecule has 30 heavy (non-hydrogen) atoms. The lowest BCUT2D eigenvalue weighted by Gasteiger charge is -2.34. The quantitative estimate of drug-likeness (QED) is 0.550. The Balaban J connectivity index is 0.000000265. The molecule has 7 nitrogen and oxygen atoms in total. The second-order valence-corrected chi connectivity index (χ2v) is 6.91. The Hall–Kier alpha value is -3.62. The van der Waals surface area contributed by atoms with E-state index in [0.29, 0.717) is 35.2 Å². The van der Waals surface area contributed by atoms with Gasteiger partial charge in [0.2, 0.25) is 0 Å². The van der Waals surface area contributed by atoms with Crippen LogP contribution in [0.15, 0.2) is 53.6 Å². The maximum absolute atomic E-state index is 13.9. The average Bonchev–Trinajstić information content (AvgIpc) is 3.17. The molecule has 0 aliphatic carbocycles. The molecule has 1 N–H and O–H groups in total. The number of likely N-dealkylation sites (N-methyl/N-ethyl adjacent to an activating group) is 1. The van der Waals surface area contributed by atoms with Crippen molar-refractivity contribution in [3.05, 3.63) is 82.3 Å². The van der Waals surface area contributed by atoms with Gasteiger partial charge in [-0.05, 0) is 31.2 Å². The standard InChI is InChI=1S/C15H15FN6O.C6H5F/c1-3-22-6-10(14-17-7-18-21(14)2)13-12-9(15(23)20-19-13)4-8(16)5-11(12)22;7-6-4-2-1-3-5-6/h4-5,7,10H,3,6H2,1-2H3,(H,20,23);1-5H. The number of aromatic amines is 1. The van der Waals surface area contributed by atoms with Crippen molar-refractivity contribution in [2.75, 3.05) is 18.0 Å². The van der Waals surface area contributed by atoms with Crippen molar-refractivity contribution >= 4 is 16.5 Å². The number of anilines is 1. The Morgan fingerprint density at radius 3 is 2.53 bits per heavy atom. The highest BCUT2D eigenvalue weighted by Crippen LogP contribution is 2.39. The molecule has 0 spiro atoms. The molecule has 2 aromatic carbocycles. The third-order valence-electron chi connectivity index (χ3n) is 5.11. The molecule has 0 fully saturated rings. The first-order chi connectivity index (χ1) is 14.5. The van der Waals surface area contributed by atoms with E-state index in [1.54, 1.807) is 22.9 Å². The van der Waals surface area contributed by atoms with E-state index in [9.17, 15) is 13.6 Å². The van der Waals surface area contributed by atoms with Gasteiger partial charge in [-0.3, -0.25) is 9.48 Å². The monoisotopic (exact) mass is 410 g/mol. The lowest BCUT2D eigenvalue weighted by molar-refractivity contribution is 0.601. The summed E-state index contributed by atoms with van der Waals surface area (Å²) in [7, 11) is 1.82. The number of nitrogens with zero attached hydrogens (tertiary/aromatic N) is 5. The maximum atomic E-state index is 13.9. The SMILES string of the molecule is CCN1CC(c2ncnn2C)c2n[nH]c(=O)c3cc(F)cc1c23.Fc1ccccc1. The van der Waals surface area contributed by atoms with Crippen LogP contribution >= 0.6 is 0 Å². The largest absolute Gasteiger partial charge is 0.370 e. The van der Waals surface area contributed by atoms with Gasteiger partial charge >= 0.3 is 0 Å². The number of aryl methyl sites for hydroxylation is 1. The van der Waals surface area contributed by atoms with Crippen molar-refractivity contribution in [2.24, 2.45) is 7.05 Å². The molecule has 4 aromatic rings.